The summed E-state index contributed by atoms with van der Waals surface area (Å²) < 4.78 is 26.9. The van der Waals surface area contributed by atoms with E-state index in [1.807, 2.05) is 31.2 Å². The highest BCUT2D eigenvalue weighted by molar-refractivity contribution is 5.71. The topological polar surface area (TPSA) is 71.9 Å². The molecule has 0 spiro atoms. The Hall–Kier alpha value is -3.45. The Bertz CT molecular complexity index is 1380. The number of aryl methyl sites for hydroxylation is 1. The van der Waals surface area contributed by atoms with Gasteiger partial charge in [-0.2, -0.15) is 0 Å². The lowest BCUT2D eigenvalue weighted by atomic mass is 9.87. The van der Waals surface area contributed by atoms with E-state index in [-0.39, 0.29) is 17.8 Å². The number of carboxylic acid groups (broad SMARTS) is 1. The van der Waals surface area contributed by atoms with Gasteiger partial charge in [-0.25, -0.2) is 9.37 Å². The van der Waals surface area contributed by atoms with Gasteiger partial charge in [0.15, 0.2) is 0 Å². The van der Waals surface area contributed by atoms with Gasteiger partial charge in [0.05, 0.1) is 19.2 Å². The van der Waals surface area contributed by atoms with E-state index < -0.39 is 11.9 Å². The third kappa shape index (κ3) is 5.57. The summed E-state index contributed by atoms with van der Waals surface area (Å²) >= 11 is 0. The van der Waals surface area contributed by atoms with E-state index in [1.165, 1.54) is 13.3 Å². The van der Waals surface area contributed by atoms with Crippen LogP contribution in [-0.4, -0.2) is 40.2 Å². The second-order valence-electron chi connectivity index (χ2n) is 11.5. The molecule has 7 heteroatoms. The summed E-state index contributed by atoms with van der Waals surface area (Å²) in [4.78, 5) is 18.1. The van der Waals surface area contributed by atoms with E-state index >= 15 is 4.39 Å². The molecule has 1 aromatic heterocycles. The molecule has 0 radical (unpaired) electrons. The normalized spacial score (nSPS) is 22.3. The lowest BCUT2D eigenvalue weighted by molar-refractivity contribution is -0.141. The number of nitrogens with zero attached hydrogens (tertiary/aromatic N) is 2. The highest BCUT2D eigenvalue weighted by Gasteiger charge is 2.30. The van der Waals surface area contributed by atoms with E-state index in [0.29, 0.717) is 30.1 Å². The third-order valence-corrected chi connectivity index (χ3v) is 9.02. The van der Waals surface area contributed by atoms with Crippen LogP contribution in [0.25, 0.3) is 11.1 Å². The van der Waals surface area contributed by atoms with Gasteiger partial charge in [-0.05, 0) is 79.3 Å². The maximum atomic E-state index is 15.1. The molecule has 1 N–H and O–H groups in total. The van der Waals surface area contributed by atoms with Crippen LogP contribution in [0, 0.1) is 11.7 Å². The van der Waals surface area contributed by atoms with Crippen molar-refractivity contribution in [1.29, 1.82) is 0 Å². The molecule has 0 saturated carbocycles. The number of aromatic nitrogens is 1. The van der Waals surface area contributed by atoms with Crippen molar-refractivity contribution in [2.75, 3.05) is 7.11 Å². The van der Waals surface area contributed by atoms with Crippen LogP contribution in [0.15, 0.2) is 48.7 Å². The Morgan fingerprint density at radius 2 is 1.85 bits per heavy atom. The number of hydrogen-bond donors (Lipinski definition) is 1. The van der Waals surface area contributed by atoms with Crippen molar-refractivity contribution in [2.45, 2.75) is 84.0 Å². The first-order chi connectivity index (χ1) is 19.2. The zero-order valence-electron chi connectivity index (χ0n) is 24.0. The van der Waals surface area contributed by atoms with Crippen LogP contribution in [0.3, 0.4) is 0 Å². The van der Waals surface area contributed by atoms with E-state index in [2.05, 4.69) is 35.9 Å². The zero-order valence-corrected chi connectivity index (χ0v) is 24.0. The molecule has 40 heavy (non-hydrogen) atoms. The van der Waals surface area contributed by atoms with E-state index in [1.54, 1.807) is 13.0 Å². The molecule has 2 aliphatic heterocycles. The van der Waals surface area contributed by atoms with E-state index in [4.69, 9.17) is 9.47 Å². The summed E-state index contributed by atoms with van der Waals surface area (Å²) in [5.41, 5.74) is 5.53. The number of fused-ring (bicyclic) bond motifs is 1. The van der Waals surface area contributed by atoms with E-state index in [0.717, 1.165) is 59.3 Å². The van der Waals surface area contributed by atoms with Gasteiger partial charge in [0.2, 0.25) is 5.88 Å². The Balaban J connectivity index is 1.49. The van der Waals surface area contributed by atoms with Gasteiger partial charge in [-0.3, -0.25) is 9.69 Å². The van der Waals surface area contributed by atoms with E-state index in [9.17, 15) is 9.90 Å². The minimum atomic E-state index is -0.804. The Morgan fingerprint density at radius 3 is 2.55 bits per heavy atom. The van der Waals surface area contributed by atoms with Gasteiger partial charge >= 0.3 is 5.97 Å². The van der Waals surface area contributed by atoms with Gasteiger partial charge in [0.25, 0.3) is 0 Å². The third-order valence-electron chi connectivity index (χ3n) is 9.02. The summed E-state index contributed by atoms with van der Waals surface area (Å²) in [6, 6.07) is 14.9. The molecule has 1 saturated heterocycles. The molecule has 3 aromatic rings. The first-order valence-electron chi connectivity index (χ1n) is 14.3. The fraction of sp³-hybridized carbons (Fsp3) is 0.455. The summed E-state index contributed by atoms with van der Waals surface area (Å²) in [7, 11) is 1.54. The molecule has 5 rings (SSSR count). The van der Waals surface area contributed by atoms with Crippen molar-refractivity contribution in [3.8, 4) is 22.8 Å². The van der Waals surface area contributed by atoms with Crippen LogP contribution < -0.4 is 9.47 Å². The lowest BCUT2D eigenvalue weighted by Gasteiger charge is -2.30. The summed E-state index contributed by atoms with van der Waals surface area (Å²) in [6.07, 6.45) is 5.08. The number of rotatable bonds is 8. The molecule has 0 amide bonds. The quantitative estimate of drug-likeness (QED) is 0.323. The molecular formula is C33H39FN2O4. The minimum absolute atomic E-state index is 0.130. The van der Waals surface area contributed by atoms with Crippen LogP contribution >= 0.6 is 0 Å². The first-order valence-corrected chi connectivity index (χ1v) is 14.3. The molecule has 5 atom stereocenters. The van der Waals surface area contributed by atoms with Crippen LogP contribution in [0.1, 0.15) is 81.2 Å². The molecule has 0 aliphatic carbocycles. The minimum Gasteiger partial charge on any atom is -0.485 e. The zero-order chi connectivity index (χ0) is 28.6. The maximum Gasteiger partial charge on any atom is 0.306 e. The average molecular weight is 547 g/mol. The Labute approximate surface area is 236 Å². The summed E-state index contributed by atoms with van der Waals surface area (Å²) in [5, 5.41) is 9.49. The number of benzene rings is 2. The Kier molecular flexibility index (Phi) is 8.13. The van der Waals surface area contributed by atoms with Gasteiger partial charge in [-0.15, -0.1) is 0 Å². The second kappa shape index (κ2) is 11.6. The average Bonchev–Trinajstić information content (AvgIpc) is 3.28. The lowest BCUT2D eigenvalue weighted by Crippen LogP contribution is -2.32. The number of pyridine rings is 1. The van der Waals surface area contributed by atoms with Crippen molar-refractivity contribution in [1.82, 2.24) is 9.88 Å². The van der Waals surface area contributed by atoms with Gasteiger partial charge in [0.1, 0.15) is 17.7 Å². The van der Waals surface area contributed by atoms with Crippen LogP contribution in [0.5, 0.6) is 11.6 Å². The number of hydrogen-bond acceptors (Lipinski definition) is 5. The largest absolute Gasteiger partial charge is 0.485 e. The van der Waals surface area contributed by atoms with Gasteiger partial charge in [-0.1, -0.05) is 44.2 Å². The van der Waals surface area contributed by atoms with Crippen LogP contribution in [0.2, 0.25) is 0 Å². The maximum absolute atomic E-state index is 15.1. The molecule has 6 nitrogen and oxygen atoms in total. The van der Waals surface area contributed by atoms with Crippen molar-refractivity contribution in [2.24, 2.45) is 5.92 Å². The Morgan fingerprint density at radius 1 is 1.10 bits per heavy atom. The predicted molar refractivity (Wildman–Crippen MR) is 153 cm³/mol. The first kappa shape index (κ1) is 28.1. The van der Waals surface area contributed by atoms with Crippen molar-refractivity contribution in [3.05, 3.63) is 76.7 Å². The van der Waals surface area contributed by atoms with Gasteiger partial charge < -0.3 is 14.6 Å². The second-order valence-corrected chi connectivity index (χ2v) is 11.5. The number of carboxylic acids is 1. The summed E-state index contributed by atoms with van der Waals surface area (Å²) in [6.45, 7) is 8.91. The monoisotopic (exact) mass is 546 g/mol. The molecule has 1 fully saturated rings. The highest BCUT2D eigenvalue weighted by Crippen LogP contribution is 2.40. The molecule has 1 unspecified atom stereocenters. The molecule has 212 valence electrons. The fourth-order valence-corrected chi connectivity index (χ4v) is 6.11. The predicted octanol–water partition coefficient (Wildman–Crippen LogP) is 7.16. The fourth-order valence-electron chi connectivity index (χ4n) is 6.11. The highest BCUT2D eigenvalue weighted by atomic mass is 19.1. The molecule has 2 aromatic carbocycles. The smallest absolute Gasteiger partial charge is 0.306 e. The SMILES string of the molecule is COc1cc(-c2ccc(C3CCc4ccc([C@H](C)[C@H](C)C(=O)O)cc4O3)cc2CN2[C@H](C)CC[C@H]2C)c(F)cn1. The number of halogens is 1. The van der Waals surface area contributed by atoms with Crippen molar-refractivity contribution in [3.63, 3.8) is 0 Å². The number of aliphatic carboxylic acids is 1. The number of ether oxygens (including phenoxy) is 2. The standard InChI is InChI=1S/C33H39FN2O4/c1-19-6-7-20(2)36(19)18-26-14-25(10-12-27(26)28-16-32(39-5)35-17-29(28)34)30-13-11-23-8-9-24(15-31(23)40-30)21(3)22(4)33(37)38/h8-10,12,14-17,19-22,30H,6-7,11,13,18H2,1-5H3,(H,37,38)/t19-,20-,21-,22+,30?/m1/s1. The molecule has 2 aliphatic rings. The molecular weight excluding hydrogens is 507 g/mol. The van der Waals surface area contributed by atoms with Gasteiger partial charge in [0, 0.05) is 30.3 Å². The number of likely N-dealkylation sites (tertiary alicyclic amines) is 1. The van der Waals surface area contributed by atoms with Crippen LogP contribution in [-0.2, 0) is 17.8 Å². The molecule has 3 heterocycles. The number of carbonyl (C=O) groups is 1. The van der Waals surface area contributed by atoms with Crippen LogP contribution in [0.4, 0.5) is 4.39 Å². The summed E-state index contributed by atoms with van der Waals surface area (Å²) in [5.74, 6) is -0.609. The number of methoxy groups -OCH3 is 1. The van der Waals surface area contributed by atoms with Crippen molar-refractivity contribution < 1.29 is 23.8 Å². The van der Waals surface area contributed by atoms with Crippen molar-refractivity contribution >= 4 is 5.97 Å². The molecule has 0 bridgehead atoms.